The predicted octanol–water partition coefficient (Wildman–Crippen LogP) is 0.574. The maximum atomic E-state index is 5.71. The van der Waals surface area contributed by atoms with Crippen LogP contribution in [0.4, 0.5) is 0 Å². The number of hydrogen-bond donors (Lipinski definition) is 1. The van der Waals surface area contributed by atoms with Gasteiger partial charge in [-0.3, -0.25) is 0 Å². The normalized spacial score (nSPS) is 14.9. The molecule has 0 saturated carbocycles. The summed E-state index contributed by atoms with van der Waals surface area (Å²) < 4.78 is 7.19. The van der Waals surface area contributed by atoms with E-state index in [4.69, 9.17) is 4.74 Å². The van der Waals surface area contributed by atoms with Gasteiger partial charge < -0.3 is 10.1 Å². The van der Waals surface area contributed by atoms with Crippen LogP contribution in [-0.4, -0.2) is 53.3 Å². The van der Waals surface area contributed by atoms with Crippen LogP contribution in [0.5, 0.6) is 5.75 Å². The summed E-state index contributed by atoms with van der Waals surface area (Å²) in [7, 11) is 0. The smallest absolute Gasteiger partial charge is 0.157 e. The molecule has 0 unspecified atom stereocenters. The summed E-state index contributed by atoms with van der Waals surface area (Å²) >= 11 is 0. The van der Waals surface area contributed by atoms with E-state index in [0.29, 0.717) is 24.2 Å². The molecule has 1 N–H and O–H groups in total. The van der Waals surface area contributed by atoms with Gasteiger partial charge in [0.05, 0.1) is 18.4 Å². The number of halogens is 1. The van der Waals surface area contributed by atoms with Gasteiger partial charge in [0.15, 0.2) is 5.82 Å². The molecule has 10 nitrogen and oxygen atoms in total. The van der Waals surface area contributed by atoms with Crippen molar-refractivity contribution in [1.29, 1.82) is 0 Å². The first-order valence-corrected chi connectivity index (χ1v) is 7.82. The first-order chi connectivity index (χ1) is 11.9. The van der Waals surface area contributed by atoms with Crippen LogP contribution in [0.15, 0.2) is 30.9 Å². The van der Waals surface area contributed by atoms with Gasteiger partial charge in [-0.1, -0.05) is 0 Å². The Balaban J connectivity index is 0.00000182. The fourth-order valence-corrected chi connectivity index (χ4v) is 2.61. The van der Waals surface area contributed by atoms with Crippen LogP contribution < -0.4 is 10.1 Å². The second-order valence-electron chi connectivity index (χ2n) is 5.53. The van der Waals surface area contributed by atoms with Gasteiger partial charge in [-0.05, 0) is 48.5 Å². The molecule has 1 aliphatic rings. The van der Waals surface area contributed by atoms with E-state index in [1.54, 1.807) is 23.3 Å². The Morgan fingerprint density at radius 3 is 2.80 bits per heavy atom. The maximum Gasteiger partial charge on any atom is 0.157 e. The summed E-state index contributed by atoms with van der Waals surface area (Å²) in [6.07, 6.45) is 6.98. The van der Waals surface area contributed by atoms with Crippen LogP contribution >= 0.6 is 12.4 Å². The molecule has 0 radical (unpaired) electrons. The standard InChI is InChI=1S/C14H17N9O.ClH/c1-2-14(22-10-17-20-21-22)16-8-13(1)24-9-11-7-18-23(19-11)12-3-5-15-6-4-12;/h1-2,7-8,10,12,15H,3-6,9H2;1H. The van der Waals surface area contributed by atoms with Crippen LogP contribution in [0, 0.1) is 0 Å². The van der Waals surface area contributed by atoms with Gasteiger partial charge in [0, 0.05) is 0 Å². The second-order valence-corrected chi connectivity index (χ2v) is 5.53. The van der Waals surface area contributed by atoms with Crippen molar-refractivity contribution in [2.45, 2.75) is 25.5 Å². The van der Waals surface area contributed by atoms with E-state index in [1.807, 2.05) is 6.07 Å². The Bertz CT molecular complexity index is 768. The molecule has 0 aromatic carbocycles. The van der Waals surface area contributed by atoms with Gasteiger partial charge in [0.1, 0.15) is 24.4 Å². The summed E-state index contributed by atoms with van der Waals surface area (Å²) in [6.45, 7) is 2.38. The minimum atomic E-state index is 0. The van der Waals surface area contributed by atoms with Gasteiger partial charge in [-0.25, -0.2) is 4.98 Å². The van der Waals surface area contributed by atoms with Crippen molar-refractivity contribution in [3.8, 4) is 11.6 Å². The Labute approximate surface area is 150 Å². The highest BCUT2D eigenvalue weighted by atomic mass is 35.5. The fraction of sp³-hybridized carbons (Fsp3) is 0.429. The second kappa shape index (κ2) is 7.99. The molecule has 4 heterocycles. The van der Waals surface area contributed by atoms with Crippen molar-refractivity contribution >= 4 is 12.4 Å². The molecule has 11 heteroatoms. The molecular formula is C14H18ClN9O. The quantitative estimate of drug-likeness (QED) is 0.701. The molecule has 0 spiro atoms. The van der Waals surface area contributed by atoms with Crippen LogP contribution in [0.25, 0.3) is 5.82 Å². The molecule has 25 heavy (non-hydrogen) atoms. The Kier molecular flexibility index (Phi) is 5.51. The van der Waals surface area contributed by atoms with E-state index in [-0.39, 0.29) is 12.4 Å². The lowest BCUT2D eigenvalue weighted by Crippen LogP contribution is -2.30. The molecule has 1 fully saturated rings. The summed E-state index contributed by atoms with van der Waals surface area (Å²) in [5, 5.41) is 23.1. The number of hydrogen-bond acceptors (Lipinski definition) is 8. The number of tetrazole rings is 1. The SMILES string of the molecule is Cl.c1cc(-n2cnnn2)ncc1OCc1cnn(C2CCNCC2)n1. The molecule has 0 bridgehead atoms. The molecule has 132 valence electrons. The molecule has 0 amide bonds. The van der Waals surface area contributed by atoms with E-state index >= 15 is 0 Å². The maximum absolute atomic E-state index is 5.71. The zero-order chi connectivity index (χ0) is 16.2. The molecule has 0 atom stereocenters. The topological polar surface area (TPSA) is 108 Å². The molecular weight excluding hydrogens is 346 g/mol. The lowest BCUT2D eigenvalue weighted by molar-refractivity contribution is 0.287. The number of pyridine rings is 1. The fourth-order valence-electron chi connectivity index (χ4n) is 2.61. The lowest BCUT2D eigenvalue weighted by atomic mass is 10.1. The van der Waals surface area contributed by atoms with E-state index < -0.39 is 0 Å². The predicted molar refractivity (Wildman–Crippen MR) is 89.7 cm³/mol. The summed E-state index contributed by atoms with van der Waals surface area (Å²) in [5.74, 6) is 1.28. The zero-order valence-electron chi connectivity index (χ0n) is 13.4. The highest BCUT2D eigenvalue weighted by Gasteiger charge is 2.17. The van der Waals surface area contributed by atoms with Crippen molar-refractivity contribution < 1.29 is 4.74 Å². The zero-order valence-corrected chi connectivity index (χ0v) is 14.2. The third-order valence-electron chi connectivity index (χ3n) is 3.88. The van der Waals surface area contributed by atoms with Gasteiger partial charge in [-0.15, -0.1) is 17.5 Å². The number of ether oxygens (including phenoxy) is 1. The molecule has 4 rings (SSSR count). The Hall–Kier alpha value is -2.59. The average molecular weight is 364 g/mol. The van der Waals surface area contributed by atoms with Crippen molar-refractivity contribution in [1.82, 2.24) is 45.5 Å². The van der Waals surface area contributed by atoms with Crippen molar-refractivity contribution in [2.75, 3.05) is 13.1 Å². The van der Waals surface area contributed by atoms with E-state index in [1.165, 1.54) is 11.0 Å². The number of nitrogens with one attached hydrogen (secondary N) is 1. The molecule has 0 aliphatic carbocycles. The Morgan fingerprint density at radius 1 is 1.20 bits per heavy atom. The molecule has 3 aromatic heterocycles. The van der Waals surface area contributed by atoms with Crippen LogP contribution in [0.2, 0.25) is 0 Å². The molecule has 1 saturated heterocycles. The number of nitrogens with zero attached hydrogens (tertiary/aromatic N) is 8. The van der Waals surface area contributed by atoms with Crippen LogP contribution in [0.3, 0.4) is 0 Å². The minimum Gasteiger partial charge on any atom is -0.486 e. The third-order valence-corrected chi connectivity index (χ3v) is 3.88. The number of piperidine rings is 1. The van der Waals surface area contributed by atoms with E-state index in [9.17, 15) is 0 Å². The van der Waals surface area contributed by atoms with Crippen LogP contribution in [0.1, 0.15) is 24.6 Å². The van der Waals surface area contributed by atoms with Crippen molar-refractivity contribution in [2.24, 2.45) is 0 Å². The monoisotopic (exact) mass is 363 g/mol. The highest BCUT2D eigenvalue weighted by molar-refractivity contribution is 5.85. The van der Waals surface area contributed by atoms with Gasteiger partial charge in [0.25, 0.3) is 0 Å². The average Bonchev–Trinajstić information content (AvgIpc) is 3.33. The highest BCUT2D eigenvalue weighted by Crippen LogP contribution is 2.17. The van der Waals surface area contributed by atoms with Crippen molar-refractivity contribution in [3.63, 3.8) is 0 Å². The van der Waals surface area contributed by atoms with E-state index in [0.717, 1.165) is 31.6 Å². The van der Waals surface area contributed by atoms with Gasteiger partial charge in [-0.2, -0.15) is 19.7 Å². The van der Waals surface area contributed by atoms with E-state index in [2.05, 4.69) is 36.0 Å². The number of rotatable bonds is 5. The summed E-state index contributed by atoms with van der Waals surface area (Å²) in [6, 6.07) is 3.98. The molecule has 1 aliphatic heterocycles. The number of aromatic nitrogens is 8. The Morgan fingerprint density at radius 2 is 2.08 bits per heavy atom. The largest absolute Gasteiger partial charge is 0.486 e. The minimum absolute atomic E-state index is 0. The third kappa shape index (κ3) is 4.09. The van der Waals surface area contributed by atoms with Crippen molar-refractivity contribution in [3.05, 3.63) is 36.5 Å². The first-order valence-electron chi connectivity index (χ1n) is 7.82. The summed E-state index contributed by atoms with van der Waals surface area (Å²) in [4.78, 5) is 6.06. The van der Waals surface area contributed by atoms with Crippen LogP contribution in [-0.2, 0) is 6.61 Å². The van der Waals surface area contributed by atoms with Gasteiger partial charge >= 0.3 is 0 Å². The molecule has 3 aromatic rings. The lowest BCUT2D eigenvalue weighted by Gasteiger charge is -2.21. The summed E-state index contributed by atoms with van der Waals surface area (Å²) in [5.41, 5.74) is 0.804. The van der Waals surface area contributed by atoms with Gasteiger partial charge in [0.2, 0.25) is 0 Å². The first kappa shape index (κ1) is 17.2.